The van der Waals surface area contributed by atoms with Crippen LogP contribution >= 0.6 is 0 Å². The van der Waals surface area contributed by atoms with Crippen molar-refractivity contribution in [1.29, 1.82) is 0 Å². The van der Waals surface area contributed by atoms with Gasteiger partial charge in [-0.1, -0.05) is 0 Å². The summed E-state index contributed by atoms with van der Waals surface area (Å²) in [5, 5.41) is 1.16. The number of fused-ring (bicyclic) bond motifs is 2. The van der Waals surface area contributed by atoms with Crippen LogP contribution in [0.4, 0.5) is 0 Å². The Bertz CT molecular complexity index is 895. The fraction of sp³-hybridized carbons (Fsp3) is 0.312. The number of hydrogen-bond donors (Lipinski definition) is 2. The number of pyridine rings is 1. The fourth-order valence-electron chi connectivity index (χ4n) is 3.14. The summed E-state index contributed by atoms with van der Waals surface area (Å²) in [5.74, 6) is 0.682. The minimum absolute atomic E-state index is 0.0124. The van der Waals surface area contributed by atoms with E-state index in [-0.39, 0.29) is 5.56 Å². The van der Waals surface area contributed by atoms with Crippen molar-refractivity contribution in [2.45, 2.75) is 26.4 Å². The van der Waals surface area contributed by atoms with Crippen molar-refractivity contribution in [3.8, 4) is 0 Å². The maximum absolute atomic E-state index is 12.0. The molecule has 6 nitrogen and oxygen atoms in total. The molecule has 0 atom stereocenters. The van der Waals surface area contributed by atoms with E-state index in [4.69, 9.17) is 0 Å². The number of aryl methyl sites for hydroxylation is 1. The monoisotopic (exact) mass is 295 g/mol. The standard InChI is InChI=1S/C16H17N5O/c1-10-19-14-9-21(6-4-13(14)16(22)20-10)8-11-7-18-15-12(11)3-2-5-17-15/h2-3,5,7H,4,6,8-9H2,1H3,(H,17,18)(H,19,20,22). The van der Waals surface area contributed by atoms with Gasteiger partial charge in [-0.15, -0.1) is 0 Å². The molecule has 1 aliphatic heterocycles. The molecule has 6 heteroatoms. The first-order valence-electron chi connectivity index (χ1n) is 7.43. The molecule has 0 aromatic carbocycles. The van der Waals surface area contributed by atoms with Gasteiger partial charge in [-0.3, -0.25) is 9.69 Å². The molecule has 0 saturated carbocycles. The molecule has 0 unspecified atom stereocenters. The summed E-state index contributed by atoms with van der Waals surface area (Å²) in [4.78, 5) is 29.1. The third-order valence-corrected chi connectivity index (χ3v) is 4.20. The van der Waals surface area contributed by atoms with Crippen molar-refractivity contribution in [3.05, 3.63) is 57.5 Å². The predicted octanol–water partition coefficient (Wildman–Crippen LogP) is 1.51. The number of aromatic amines is 2. The highest BCUT2D eigenvalue weighted by Gasteiger charge is 2.21. The van der Waals surface area contributed by atoms with Gasteiger partial charge in [0.15, 0.2) is 0 Å². The molecule has 3 aromatic rings. The van der Waals surface area contributed by atoms with Crippen LogP contribution < -0.4 is 5.56 Å². The molecular formula is C16H17N5O. The van der Waals surface area contributed by atoms with Crippen LogP contribution in [-0.2, 0) is 19.5 Å². The number of H-pyrrole nitrogens is 2. The van der Waals surface area contributed by atoms with Crippen molar-refractivity contribution < 1.29 is 0 Å². The lowest BCUT2D eigenvalue weighted by Crippen LogP contribution is -2.35. The molecule has 112 valence electrons. The smallest absolute Gasteiger partial charge is 0.254 e. The van der Waals surface area contributed by atoms with Gasteiger partial charge in [0, 0.05) is 43.0 Å². The van der Waals surface area contributed by atoms with Gasteiger partial charge < -0.3 is 9.97 Å². The Morgan fingerprint density at radius 3 is 3.23 bits per heavy atom. The van der Waals surface area contributed by atoms with Gasteiger partial charge in [0.05, 0.1) is 5.69 Å². The van der Waals surface area contributed by atoms with Crippen LogP contribution in [0.25, 0.3) is 11.0 Å². The van der Waals surface area contributed by atoms with Crippen LogP contribution in [0.1, 0.15) is 22.6 Å². The Balaban J connectivity index is 1.61. The molecule has 4 rings (SSSR count). The minimum Gasteiger partial charge on any atom is -0.346 e. The average Bonchev–Trinajstić information content (AvgIpc) is 2.90. The molecule has 2 N–H and O–H groups in total. The first-order chi connectivity index (χ1) is 10.7. The van der Waals surface area contributed by atoms with Crippen molar-refractivity contribution in [2.24, 2.45) is 0 Å². The lowest BCUT2D eigenvalue weighted by Gasteiger charge is -2.27. The molecule has 0 radical (unpaired) electrons. The normalized spacial score (nSPS) is 15.1. The second kappa shape index (κ2) is 5.06. The molecular weight excluding hydrogens is 278 g/mol. The summed E-state index contributed by atoms with van der Waals surface area (Å²) in [6.07, 6.45) is 4.56. The largest absolute Gasteiger partial charge is 0.346 e. The first-order valence-corrected chi connectivity index (χ1v) is 7.43. The summed E-state index contributed by atoms with van der Waals surface area (Å²) >= 11 is 0. The molecule has 0 spiro atoms. The molecule has 4 heterocycles. The summed E-state index contributed by atoms with van der Waals surface area (Å²) in [6, 6.07) is 4.04. The van der Waals surface area contributed by atoms with E-state index < -0.39 is 0 Å². The van der Waals surface area contributed by atoms with E-state index >= 15 is 0 Å². The fourth-order valence-corrected chi connectivity index (χ4v) is 3.14. The van der Waals surface area contributed by atoms with Gasteiger partial charge in [0.1, 0.15) is 11.5 Å². The minimum atomic E-state index is 0.0124. The van der Waals surface area contributed by atoms with Gasteiger partial charge >= 0.3 is 0 Å². The lowest BCUT2D eigenvalue weighted by atomic mass is 10.1. The first kappa shape index (κ1) is 13.2. The van der Waals surface area contributed by atoms with E-state index in [1.807, 2.05) is 19.2 Å². The third kappa shape index (κ3) is 2.21. The predicted molar refractivity (Wildman–Crippen MR) is 83.5 cm³/mol. The van der Waals surface area contributed by atoms with Crippen molar-refractivity contribution in [1.82, 2.24) is 24.8 Å². The van der Waals surface area contributed by atoms with Crippen molar-refractivity contribution in [2.75, 3.05) is 6.54 Å². The van der Waals surface area contributed by atoms with Crippen LogP contribution in [0, 0.1) is 6.92 Å². The molecule has 1 aliphatic rings. The third-order valence-electron chi connectivity index (χ3n) is 4.20. The molecule has 0 amide bonds. The molecule has 22 heavy (non-hydrogen) atoms. The highest BCUT2D eigenvalue weighted by Crippen LogP contribution is 2.21. The van der Waals surface area contributed by atoms with E-state index in [2.05, 4.69) is 30.9 Å². The molecule has 0 aliphatic carbocycles. The maximum Gasteiger partial charge on any atom is 0.254 e. The molecule has 3 aromatic heterocycles. The summed E-state index contributed by atoms with van der Waals surface area (Å²) in [5.41, 5.74) is 3.90. The van der Waals surface area contributed by atoms with Gasteiger partial charge in [0.25, 0.3) is 5.56 Å². The zero-order valence-electron chi connectivity index (χ0n) is 12.4. The Morgan fingerprint density at radius 1 is 1.41 bits per heavy atom. The SMILES string of the molecule is Cc1nc2c(c(=O)[nH]1)CCN(Cc1c[nH]c3ncccc13)C2. The summed E-state index contributed by atoms with van der Waals surface area (Å²) < 4.78 is 0. The Labute approximate surface area is 127 Å². The van der Waals surface area contributed by atoms with Gasteiger partial charge in [-0.05, 0) is 31.0 Å². The second-order valence-electron chi connectivity index (χ2n) is 5.75. The molecule has 0 saturated heterocycles. The lowest BCUT2D eigenvalue weighted by molar-refractivity contribution is 0.241. The Morgan fingerprint density at radius 2 is 2.32 bits per heavy atom. The Hall–Kier alpha value is -2.47. The molecule has 0 fully saturated rings. The molecule has 0 bridgehead atoms. The van der Waals surface area contributed by atoms with Crippen molar-refractivity contribution in [3.63, 3.8) is 0 Å². The van der Waals surface area contributed by atoms with Crippen LogP contribution in [0.5, 0.6) is 0 Å². The van der Waals surface area contributed by atoms with Gasteiger partial charge in [-0.25, -0.2) is 9.97 Å². The number of nitrogens with one attached hydrogen (secondary N) is 2. The zero-order chi connectivity index (χ0) is 15.1. The van der Waals surface area contributed by atoms with E-state index in [0.717, 1.165) is 41.8 Å². The van der Waals surface area contributed by atoms with Gasteiger partial charge in [0.2, 0.25) is 0 Å². The van der Waals surface area contributed by atoms with Gasteiger partial charge in [-0.2, -0.15) is 0 Å². The zero-order valence-corrected chi connectivity index (χ0v) is 12.4. The highest BCUT2D eigenvalue weighted by molar-refractivity contribution is 5.79. The number of rotatable bonds is 2. The van der Waals surface area contributed by atoms with E-state index in [1.165, 1.54) is 5.56 Å². The second-order valence-corrected chi connectivity index (χ2v) is 5.75. The quantitative estimate of drug-likeness (QED) is 0.751. The van der Waals surface area contributed by atoms with Crippen LogP contribution in [0.15, 0.2) is 29.3 Å². The van der Waals surface area contributed by atoms with E-state index in [1.54, 1.807) is 6.20 Å². The Kier molecular flexibility index (Phi) is 3.04. The highest BCUT2D eigenvalue weighted by atomic mass is 16.1. The topological polar surface area (TPSA) is 77.7 Å². The van der Waals surface area contributed by atoms with E-state index in [0.29, 0.717) is 12.4 Å². The number of aromatic nitrogens is 4. The van der Waals surface area contributed by atoms with Crippen molar-refractivity contribution >= 4 is 11.0 Å². The van der Waals surface area contributed by atoms with Crippen LogP contribution in [-0.4, -0.2) is 31.4 Å². The number of nitrogens with zero attached hydrogens (tertiary/aromatic N) is 3. The van der Waals surface area contributed by atoms with Crippen LogP contribution in [0.2, 0.25) is 0 Å². The summed E-state index contributed by atoms with van der Waals surface area (Å²) in [7, 11) is 0. The van der Waals surface area contributed by atoms with Crippen LogP contribution in [0.3, 0.4) is 0 Å². The average molecular weight is 295 g/mol. The summed E-state index contributed by atoms with van der Waals surface area (Å²) in [6.45, 7) is 4.24. The number of hydrogen-bond acceptors (Lipinski definition) is 4. The maximum atomic E-state index is 12.0. The van der Waals surface area contributed by atoms with E-state index in [9.17, 15) is 4.79 Å².